The maximum Gasteiger partial charge on any atom is 0.0705 e. The van der Waals surface area contributed by atoms with Crippen LogP contribution in [0.3, 0.4) is 0 Å². The summed E-state index contributed by atoms with van der Waals surface area (Å²) in [5, 5.41) is 4.67. The van der Waals surface area contributed by atoms with E-state index < -0.39 is 0 Å². The van der Waals surface area contributed by atoms with Crippen LogP contribution in [0.1, 0.15) is 17.3 Å². The Bertz CT molecular complexity index is 565. The van der Waals surface area contributed by atoms with Crippen LogP contribution in [-0.4, -0.2) is 43.6 Å². The lowest BCUT2D eigenvalue weighted by atomic mass is 10.0. The lowest BCUT2D eigenvalue weighted by molar-refractivity contribution is 0.386. The molecule has 1 aromatic carbocycles. The number of hydrogen-bond acceptors (Lipinski definition) is 4. The molecule has 2 rings (SSSR count). The number of aromatic nitrogens is 1. The summed E-state index contributed by atoms with van der Waals surface area (Å²) >= 11 is 0. The number of likely N-dealkylation sites (N-methyl/N-ethyl adjacent to an activating group) is 1. The van der Waals surface area contributed by atoms with Gasteiger partial charge in [-0.3, -0.25) is 4.98 Å². The second kappa shape index (κ2) is 6.79. The number of nitrogens with two attached hydrogens (primary N) is 1. The van der Waals surface area contributed by atoms with Gasteiger partial charge >= 0.3 is 0 Å². The van der Waals surface area contributed by atoms with Crippen LogP contribution in [0.5, 0.6) is 0 Å². The van der Waals surface area contributed by atoms with Crippen molar-refractivity contribution >= 4 is 10.9 Å². The molecule has 0 bridgehead atoms. The van der Waals surface area contributed by atoms with Gasteiger partial charge < -0.3 is 16.0 Å². The average molecular weight is 272 g/mol. The number of benzene rings is 1. The monoisotopic (exact) mass is 272 g/mol. The summed E-state index contributed by atoms with van der Waals surface area (Å²) in [6, 6.07) is 10.7. The molecule has 0 aliphatic heterocycles. The molecule has 2 aromatic rings. The molecular weight excluding hydrogens is 248 g/mol. The molecule has 0 saturated carbocycles. The van der Waals surface area contributed by atoms with E-state index in [0.29, 0.717) is 6.54 Å². The Morgan fingerprint density at radius 1 is 1.25 bits per heavy atom. The first kappa shape index (κ1) is 14.9. The van der Waals surface area contributed by atoms with Crippen LogP contribution in [0.2, 0.25) is 0 Å². The van der Waals surface area contributed by atoms with E-state index in [1.165, 1.54) is 10.9 Å². The van der Waals surface area contributed by atoms with E-state index in [2.05, 4.69) is 53.6 Å². The fourth-order valence-corrected chi connectivity index (χ4v) is 2.26. The number of hydrogen-bond donors (Lipinski definition) is 2. The van der Waals surface area contributed by atoms with Gasteiger partial charge in [-0.2, -0.15) is 0 Å². The van der Waals surface area contributed by atoms with Crippen LogP contribution in [0.15, 0.2) is 30.3 Å². The van der Waals surface area contributed by atoms with Crippen molar-refractivity contribution in [2.75, 3.05) is 33.7 Å². The molecule has 3 N–H and O–H groups in total. The third-order valence-electron chi connectivity index (χ3n) is 3.44. The molecule has 1 unspecified atom stereocenters. The number of fused-ring (bicyclic) bond motifs is 1. The first-order chi connectivity index (χ1) is 9.60. The normalized spacial score (nSPS) is 13.1. The quantitative estimate of drug-likeness (QED) is 0.840. The molecule has 1 atom stereocenters. The van der Waals surface area contributed by atoms with Gasteiger partial charge in [0.25, 0.3) is 0 Å². The van der Waals surface area contributed by atoms with Crippen LogP contribution in [0, 0.1) is 6.92 Å². The van der Waals surface area contributed by atoms with Gasteiger partial charge in [0.2, 0.25) is 0 Å². The Morgan fingerprint density at radius 3 is 2.75 bits per heavy atom. The largest absolute Gasteiger partial charge is 0.329 e. The zero-order valence-corrected chi connectivity index (χ0v) is 12.6. The minimum atomic E-state index is 0.195. The zero-order valence-electron chi connectivity index (χ0n) is 12.6. The van der Waals surface area contributed by atoms with E-state index in [4.69, 9.17) is 5.73 Å². The molecule has 0 aliphatic rings. The van der Waals surface area contributed by atoms with Crippen LogP contribution in [0.4, 0.5) is 0 Å². The highest BCUT2D eigenvalue weighted by atomic mass is 15.1. The van der Waals surface area contributed by atoms with E-state index in [1.807, 2.05) is 13.0 Å². The van der Waals surface area contributed by atoms with E-state index in [1.54, 1.807) is 0 Å². The van der Waals surface area contributed by atoms with Gasteiger partial charge in [-0.15, -0.1) is 0 Å². The molecule has 0 spiro atoms. The third kappa shape index (κ3) is 3.76. The van der Waals surface area contributed by atoms with Gasteiger partial charge in [-0.05, 0) is 44.8 Å². The highest BCUT2D eigenvalue weighted by Gasteiger charge is 2.09. The predicted molar refractivity (Wildman–Crippen MR) is 84.8 cm³/mol. The first-order valence-electron chi connectivity index (χ1n) is 7.05. The number of nitrogens with zero attached hydrogens (tertiary/aromatic N) is 2. The number of nitrogens with one attached hydrogen (secondary N) is 1. The molecule has 0 aliphatic carbocycles. The summed E-state index contributed by atoms with van der Waals surface area (Å²) in [4.78, 5) is 6.69. The zero-order chi connectivity index (χ0) is 14.5. The summed E-state index contributed by atoms with van der Waals surface area (Å²) in [5.41, 5.74) is 9.21. The number of aryl methyl sites for hydroxylation is 1. The summed E-state index contributed by atoms with van der Waals surface area (Å²) < 4.78 is 0. The Labute approximate surface area is 121 Å². The van der Waals surface area contributed by atoms with Gasteiger partial charge in [0.1, 0.15) is 0 Å². The first-order valence-corrected chi connectivity index (χ1v) is 7.05. The molecule has 108 valence electrons. The topological polar surface area (TPSA) is 54.2 Å². The van der Waals surface area contributed by atoms with E-state index in [-0.39, 0.29) is 6.04 Å². The predicted octanol–water partition coefficient (Wildman–Crippen LogP) is 1.69. The molecule has 0 fully saturated rings. The fraction of sp³-hybridized carbons (Fsp3) is 0.438. The third-order valence-corrected chi connectivity index (χ3v) is 3.44. The van der Waals surface area contributed by atoms with E-state index in [9.17, 15) is 0 Å². The van der Waals surface area contributed by atoms with Crippen LogP contribution in [0.25, 0.3) is 10.9 Å². The van der Waals surface area contributed by atoms with Crippen LogP contribution < -0.4 is 11.1 Å². The maximum absolute atomic E-state index is 5.90. The van der Waals surface area contributed by atoms with Crippen molar-refractivity contribution < 1.29 is 0 Å². The van der Waals surface area contributed by atoms with Crippen molar-refractivity contribution in [2.24, 2.45) is 5.73 Å². The van der Waals surface area contributed by atoms with E-state index in [0.717, 1.165) is 24.3 Å². The maximum atomic E-state index is 5.90. The van der Waals surface area contributed by atoms with Gasteiger partial charge in [-0.25, -0.2) is 0 Å². The summed E-state index contributed by atoms with van der Waals surface area (Å²) in [6.45, 7) is 4.54. The minimum Gasteiger partial charge on any atom is -0.329 e. The molecule has 4 nitrogen and oxygen atoms in total. The standard InChI is InChI=1S/C16H24N4/c1-12-4-5-13-10-14(6-7-15(13)19-12)16(11-17)18-8-9-20(2)3/h4-7,10,16,18H,8-9,11,17H2,1-3H3. The van der Waals surface area contributed by atoms with Gasteiger partial charge in [-0.1, -0.05) is 12.1 Å². The molecule has 0 radical (unpaired) electrons. The molecule has 0 saturated heterocycles. The molecule has 1 heterocycles. The van der Waals surface area contributed by atoms with Crippen LogP contribution >= 0.6 is 0 Å². The SMILES string of the molecule is Cc1ccc2cc(C(CN)NCCN(C)C)ccc2n1. The molecule has 0 amide bonds. The number of pyridine rings is 1. The highest BCUT2D eigenvalue weighted by molar-refractivity contribution is 5.79. The van der Waals surface area contributed by atoms with Crippen molar-refractivity contribution in [3.8, 4) is 0 Å². The Kier molecular flexibility index (Phi) is 5.06. The molecule has 20 heavy (non-hydrogen) atoms. The average Bonchev–Trinajstić information content (AvgIpc) is 2.43. The van der Waals surface area contributed by atoms with Crippen molar-refractivity contribution in [3.05, 3.63) is 41.6 Å². The van der Waals surface area contributed by atoms with Crippen LogP contribution in [-0.2, 0) is 0 Å². The van der Waals surface area contributed by atoms with Gasteiger partial charge in [0, 0.05) is 36.8 Å². The van der Waals surface area contributed by atoms with E-state index >= 15 is 0 Å². The second-order valence-corrected chi connectivity index (χ2v) is 5.45. The van der Waals surface area contributed by atoms with Crippen molar-refractivity contribution in [2.45, 2.75) is 13.0 Å². The Morgan fingerprint density at radius 2 is 2.05 bits per heavy atom. The molecule has 1 aromatic heterocycles. The molecule has 4 heteroatoms. The number of rotatable bonds is 6. The van der Waals surface area contributed by atoms with Crippen molar-refractivity contribution in [3.63, 3.8) is 0 Å². The van der Waals surface area contributed by atoms with Gasteiger partial charge in [0.05, 0.1) is 5.52 Å². The summed E-state index contributed by atoms with van der Waals surface area (Å²) in [7, 11) is 4.15. The lowest BCUT2D eigenvalue weighted by Crippen LogP contribution is -2.33. The Balaban J connectivity index is 2.15. The highest BCUT2D eigenvalue weighted by Crippen LogP contribution is 2.19. The van der Waals surface area contributed by atoms with Crippen molar-refractivity contribution in [1.82, 2.24) is 15.2 Å². The lowest BCUT2D eigenvalue weighted by Gasteiger charge is -2.19. The summed E-state index contributed by atoms with van der Waals surface area (Å²) in [6.07, 6.45) is 0. The smallest absolute Gasteiger partial charge is 0.0705 e. The minimum absolute atomic E-state index is 0.195. The Hall–Kier alpha value is -1.49. The van der Waals surface area contributed by atoms with Gasteiger partial charge in [0.15, 0.2) is 0 Å². The second-order valence-electron chi connectivity index (χ2n) is 5.45. The molecular formula is C16H24N4. The summed E-state index contributed by atoms with van der Waals surface area (Å²) in [5.74, 6) is 0. The van der Waals surface area contributed by atoms with Crippen molar-refractivity contribution in [1.29, 1.82) is 0 Å². The fourth-order valence-electron chi connectivity index (χ4n) is 2.26.